The van der Waals surface area contributed by atoms with Gasteiger partial charge in [-0.2, -0.15) is 0 Å². The maximum Gasteiger partial charge on any atom is 2.00 e. The maximum atomic E-state index is 10.4. The number of hydrogen-bond donors (Lipinski definition) is 0. The Bertz CT molecular complexity index is 473. The van der Waals surface area contributed by atoms with Crippen molar-refractivity contribution in [3.8, 4) is 0 Å². The summed E-state index contributed by atoms with van der Waals surface area (Å²) >= 11 is 0. The zero-order valence-electron chi connectivity index (χ0n) is 13.5. The van der Waals surface area contributed by atoms with E-state index in [1.54, 1.807) is 0 Å². The van der Waals surface area contributed by atoms with E-state index in [4.69, 9.17) is 0 Å². The fraction of sp³-hybridized carbons (Fsp3) is 0.706. The number of aliphatic imine (C=N–C) groups is 1. The Morgan fingerprint density at radius 3 is 1.70 bits per heavy atom. The van der Waals surface area contributed by atoms with Gasteiger partial charge < -0.3 is 15.0 Å². The van der Waals surface area contributed by atoms with E-state index in [2.05, 4.69) is 4.99 Å². The summed E-state index contributed by atoms with van der Waals surface area (Å²) in [5.74, 6) is 0.922. The molecule has 4 aliphatic rings. The van der Waals surface area contributed by atoms with Crippen LogP contribution in [0.3, 0.4) is 0 Å². The first kappa shape index (κ1) is 19.9. The monoisotopic (exact) mass is 368 g/mol. The van der Waals surface area contributed by atoms with E-state index < -0.39 is 5.97 Å². The van der Waals surface area contributed by atoms with Gasteiger partial charge in [0.25, 0.3) is 0 Å². The van der Waals surface area contributed by atoms with Crippen molar-refractivity contribution >= 4 is 18.0 Å². The summed E-state index contributed by atoms with van der Waals surface area (Å²) in [7, 11) is 0. The predicted molar refractivity (Wildman–Crippen MR) is 78.8 cm³/mol. The van der Waals surface area contributed by atoms with Crippen LogP contribution in [0.2, 0.25) is 0 Å². The molecule has 0 aromatic rings. The minimum atomic E-state index is -1.15. The number of carbonyl (C=O) groups is 2. The predicted octanol–water partition coefficient (Wildman–Crippen LogP) is 0.613. The first-order chi connectivity index (χ1) is 10.3. The minimum absolute atomic E-state index is 0. The summed E-state index contributed by atoms with van der Waals surface area (Å²) in [4.78, 5) is 24.7. The van der Waals surface area contributed by atoms with Crippen LogP contribution < -0.4 is 10.2 Å². The molecule has 4 fully saturated rings. The molecule has 0 atom stereocenters. The molecule has 0 saturated heterocycles. The van der Waals surface area contributed by atoms with Gasteiger partial charge >= 0.3 is 17.1 Å². The molecule has 5 nitrogen and oxygen atoms in total. The second-order valence-corrected chi connectivity index (χ2v) is 7.08. The quantitative estimate of drug-likeness (QED) is 0.316. The Balaban J connectivity index is 0.000000287. The minimum Gasteiger partial charge on any atom is -0.876 e. The van der Waals surface area contributed by atoms with Crippen LogP contribution >= 0.6 is 0 Å². The molecular weight excluding hydrogens is 346 g/mol. The van der Waals surface area contributed by atoms with Crippen molar-refractivity contribution in [1.29, 1.82) is 0 Å². The topological polar surface area (TPSA) is 92.6 Å². The smallest absolute Gasteiger partial charge is 0.876 e. The van der Waals surface area contributed by atoms with Gasteiger partial charge in [-0.05, 0) is 69.3 Å². The van der Waals surface area contributed by atoms with Gasteiger partial charge in [0.15, 0.2) is 5.78 Å². The average Bonchev–Trinajstić information content (AvgIpc) is 2.34. The number of carboxylic acid groups (broad SMARTS) is 1. The Morgan fingerprint density at radius 1 is 1.00 bits per heavy atom. The summed E-state index contributed by atoms with van der Waals surface area (Å²) < 4.78 is 0. The Kier molecular flexibility index (Phi) is 7.02. The van der Waals surface area contributed by atoms with Gasteiger partial charge in [0, 0.05) is 6.21 Å². The first-order valence-electron chi connectivity index (χ1n) is 7.90. The second-order valence-electron chi connectivity index (χ2n) is 7.08. The molecule has 0 aromatic carbocycles. The van der Waals surface area contributed by atoms with E-state index in [1.807, 2.05) is 0 Å². The molecule has 131 valence electrons. The van der Waals surface area contributed by atoms with E-state index in [0.29, 0.717) is 0 Å². The van der Waals surface area contributed by atoms with Crippen molar-refractivity contribution in [3.63, 3.8) is 0 Å². The van der Waals surface area contributed by atoms with Crippen LogP contribution in [0.25, 0.3) is 0 Å². The summed E-state index contributed by atoms with van der Waals surface area (Å²) in [6, 6.07) is 0. The maximum absolute atomic E-state index is 10.4. The number of allylic oxidation sites excluding steroid dienone is 2. The number of hydrogen-bond acceptors (Lipinski definition) is 5. The van der Waals surface area contributed by atoms with E-state index in [-0.39, 0.29) is 34.2 Å². The van der Waals surface area contributed by atoms with E-state index in [0.717, 1.165) is 49.3 Å². The van der Waals surface area contributed by atoms with E-state index >= 15 is 0 Å². The Morgan fingerprint density at radius 2 is 1.43 bits per heavy atom. The zero-order chi connectivity index (χ0) is 16.3. The molecule has 1 radical (unpaired) electrons. The van der Waals surface area contributed by atoms with Crippen molar-refractivity contribution in [2.45, 2.75) is 57.9 Å². The number of nitrogens with zero attached hydrogens (tertiary/aromatic N) is 1. The van der Waals surface area contributed by atoms with Crippen molar-refractivity contribution in [2.75, 3.05) is 0 Å². The number of ketones is 1. The normalized spacial score (nSPS) is 34.5. The van der Waals surface area contributed by atoms with Crippen LogP contribution in [0, 0.1) is 17.8 Å². The van der Waals surface area contributed by atoms with Crippen molar-refractivity contribution in [2.24, 2.45) is 22.7 Å². The van der Waals surface area contributed by atoms with Gasteiger partial charge in [0.2, 0.25) is 0 Å². The summed E-state index contributed by atoms with van der Waals surface area (Å²) in [6.45, 7) is 2.70. The zero-order valence-corrected chi connectivity index (χ0v) is 14.5. The van der Waals surface area contributed by atoms with Crippen LogP contribution in [0.5, 0.6) is 0 Å². The third-order valence-corrected chi connectivity index (χ3v) is 4.86. The molecule has 4 bridgehead atoms. The van der Waals surface area contributed by atoms with Crippen molar-refractivity contribution in [1.82, 2.24) is 0 Å². The van der Waals surface area contributed by atoms with E-state index in [1.165, 1.54) is 33.1 Å². The van der Waals surface area contributed by atoms with Crippen LogP contribution in [0.1, 0.15) is 52.4 Å². The number of rotatable bonds is 3. The fourth-order valence-electron chi connectivity index (χ4n) is 4.70. The molecular formula is C17H23CuNO4. The molecule has 0 heterocycles. The van der Waals surface area contributed by atoms with Gasteiger partial charge in [-0.25, -0.2) is 0 Å². The molecule has 23 heavy (non-hydrogen) atoms. The van der Waals surface area contributed by atoms with Crippen LogP contribution in [-0.4, -0.2) is 23.5 Å². The second kappa shape index (κ2) is 8.11. The molecule has 0 amide bonds. The largest absolute Gasteiger partial charge is 2.00 e. The molecule has 4 rings (SSSR count). The van der Waals surface area contributed by atoms with Gasteiger partial charge in [0.1, 0.15) is 0 Å². The average molecular weight is 369 g/mol. The summed E-state index contributed by atoms with van der Waals surface area (Å²) in [6.07, 6.45) is 9.50. The number of carboxylic acids is 1. The standard InChI is InChI=1S/C12H17NO2.C5H8O2.Cu/c14-11(15)7-13-12-4-8-1-9(5-12)3-10(2-8)6-12;1-4(6)3-5(2)7;/h7-10H,1-6H2,(H,14,15);3,6H,1-2H3;/q;;+2/p-2/b13-7+;4-3-;. The van der Waals surface area contributed by atoms with Crippen LogP contribution in [0.4, 0.5) is 0 Å². The SMILES string of the molecule is CC(=O)/C=C(/C)[O-].O=C([O-])/C=N/C12CC3CC(CC(C3)C1)C2.[Cu+2]. The Hall–Kier alpha value is -1.13. The third kappa shape index (κ3) is 5.78. The molecule has 0 N–H and O–H groups in total. The summed E-state index contributed by atoms with van der Waals surface area (Å²) in [5, 5.41) is 20.4. The van der Waals surface area contributed by atoms with Gasteiger partial charge in [-0.1, -0.05) is 6.92 Å². The molecule has 0 unspecified atom stereocenters. The van der Waals surface area contributed by atoms with Gasteiger partial charge in [-0.15, -0.1) is 5.76 Å². The first-order valence-corrected chi connectivity index (χ1v) is 7.90. The fourth-order valence-corrected chi connectivity index (χ4v) is 4.70. The molecule has 4 aliphatic carbocycles. The molecule has 0 aliphatic heterocycles. The Labute approximate surface area is 147 Å². The third-order valence-electron chi connectivity index (χ3n) is 4.86. The molecule has 4 saturated carbocycles. The molecule has 0 spiro atoms. The van der Waals surface area contributed by atoms with E-state index in [9.17, 15) is 19.8 Å². The number of aliphatic carboxylic acids is 1. The number of carbonyl (C=O) groups excluding carboxylic acids is 2. The van der Waals surface area contributed by atoms with Crippen LogP contribution in [0.15, 0.2) is 16.8 Å². The molecule has 0 aromatic heterocycles. The van der Waals surface area contributed by atoms with Crippen LogP contribution in [-0.2, 0) is 26.7 Å². The molecule has 6 heteroatoms. The van der Waals surface area contributed by atoms with Gasteiger partial charge in [0.05, 0.1) is 11.5 Å². The van der Waals surface area contributed by atoms with Crippen molar-refractivity contribution < 1.29 is 36.9 Å². The van der Waals surface area contributed by atoms with Gasteiger partial charge in [-0.3, -0.25) is 9.79 Å². The summed E-state index contributed by atoms with van der Waals surface area (Å²) in [5.41, 5.74) is -0.0190. The van der Waals surface area contributed by atoms with Crippen molar-refractivity contribution in [3.05, 3.63) is 11.8 Å².